The first-order chi connectivity index (χ1) is 14.4. The van der Waals surface area contributed by atoms with Crippen LogP contribution in [-0.4, -0.2) is 21.2 Å². The van der Waals surface area contributed by atoms with Gasteiger partial charge in [0.15, 0.2) is 0 Å². The van der Waals surface area contributed by atoms with Crippen LogP contribution in [-0.2, 0) is 6.42 Å². The molecule has 1 N–H and O–H groups in total. The quantitative estimate of drug-likeness (QED) is 0.623. The van der Waals surface area contributed by atoms with Crippen molar-refractivity contribution in [1.29, 1.82) is 0 Å². The molecule has 0 radical (unpaired) electrons. The van der Waals surface area contributed by atoms with Crippen molar-refractivity contribution in [3.8, 4) is 0 Å². The Morgan fingerprint density at radius 2 is 1.87 bits per heavy atom. The van der Waals surface area contributed by atoms with Gasteiger partial charge in [0.25, 0.3) is 0 Å². The average molecular weight is 409 g/mol. The molecule has 0 bridgehead atoms. The van der Waals surface area contributed by atoms with Gasteiger partial charge in [-0.15, -0.1) is 0 Å². The summed E-state index contributed by atoms with van der Waals surface area (Å²) in [5.41, 5.74) is 2.46. The first-order valence-electron chi connectivity index (χ1n) is 12.6. The van der Waals surface area contributed by atoms with Gasteiger partial charge in [-0.2, -0.15) is 0 Å². The molecule has 1 unspecified atom stereocenters. The predicted octanol–water partition coefficient (Wildman–Crippen LogP) is 5.99. The fourth-order valence-electron chi connectivity index (χ4n) is 8.63. The molecule has 3 heteroatoms. The largest absolute Gasteiger partial charge is 0.393 e. The lowest BCUT2D eigenvalue weighted by atomic mass is 9.47. The Kier molecular flexibility index (Phi) is 5.32. The van der Waals surface area contributed by atoms with Crippen molar-refractivity contribution in [2.75, 3.05) is 0 Å². The van der Waals surface area contributed by atoms with Crippen LogP contribution in [0.5, 0.6) is 0 Å². The molecule has 0 saturated heterocycles. The maximum atomic E-state index is 10.2. The van der Waals surface area contributed by atoms with E-state index in [9.17, 15) is 5.11 Å². The molecule has 164 valence electrons. The molecule has 4 aliphatic rings. The SMILES string of the molecule is CC(CCc1ncccn1)[C@H]1CC[C@H]2[C@@H]3CC=C4C[C@@H](O)CC[C@]4(C)[C@H]3CC[C@]12C. The Morgan fingerprint density at radius 3 is 2.67 bits per heavy atom. The number of allylic oxidation sites excluding steroid dienone is 1. The van der Waals surface area contributed by atoms with Crippen LogP contribution >= 0.6 is 0 Å². The second kappa shape index (κ2) is 7.73. The average Bonchev–Trinajstić information content (AvgIpc) is 3.10. The third kappa shape index (κ3) is 3.27. The zero-order chi connectivity index (χ0) is 20.9. The Hall–Kier alpha value is -1.22. The minimum absolute atomic E-state index is 0.0972. The van der Waals surface area contributed by atoms with E-state index in [0.717, 1.165) is 54.7 Å². The lowest BCUT2D eigenvalue weighted by Gasteiger charge is -2.58. The molecular weight excluding hydrogens is 368 g/mol. The lowest BCUT2D eigenvalue weighted by molar-refractivity contribution is -0.0571. The van der Waals surface area contributed by atoms with Gasteiger partial charge >= 0.3 is 0 Å². The van der Waals surface area contributed by atoms with Gasteiger partial charge in [-0.3, -0.25) is 0 Å². The van der Waals surface area contributed by atoms with Crippen LogP contribution < -0.4 is 0 Å². The van der Waals surface area contributed by atoms with Crippen LogP contribution in [0.15, 0.2) is 30.1 Å². The number of fused-ring (bicyclic) bond motifs is 5. The summed E-state index contributed by atoms with van der Waals surface area (Å²) in [7, 11) is 0. The number of aliphatic hydroxyl groups is 1. The van der Waals surface area contributed by atoms with Crippen LogP contribution in [0.25, 0.3) is 0 Å². The fourth-order valence-corrected chi connectivity index (χ4v) is 8.63. The Balaban J connectivity index is 1.31. The van der Waals surface area contributed by atoms with Gasteiger partial charge in [0.1, 0.15) is 5.82 Å². The van der Waals surface area contributed by atoms with Gasteiger partial charge in [-0.25, -0.2) is 9.97 Å². The number of aryl methyl sites for hydroxylation is 1. The van der Waals surface area contributed by atoms with Crippen molar-refractivity contribution in [3.63, 3.8) is 0 Å². The minimum atomic E-state index is -0.0972. The van der Waals surface area contributed by atoms with E-state index in [1.165, 1.54) is 44.9 Å². The molecule has 0 aliphatic heterocycles. The van der Waals surface area contributed by atoms with Gasteiger partial charge in [-0.05, 0) is 104 Å². The molecule has 3 nitrogen and oxygen atoms in total. The predicted molar refractivity (Wildman–Crippen MR) is 121 cm³/mol. The van der Waals surface area contributed by atoms with E-state index in [2.05, 4.69) is 36.8 Å². The van der Waals surface area contributed by atoms with Gasteiger partial charge < -0.3 is 5.11 Å². The maximum absolute atomic E-state index is 10.2. The van der Waals surface area contributed by atoms with E-state index in [-0.39, 0.29) is 6.10 Å². The summed E-state index contributed by atoms with van der Waals surface area (Å²) in [5.74, 6) is 5.19. The van der Waals surface area contributed by atoms with Crippen LogP contribution in [0, 0.1) is 40.4 Å². The highest BCUT2D eigenvalue weighted by atomic mass is 16.3. The minimum Gasteiger partial charge on any atom is -0.393 e. The van der Waals surface area contributed by atoms with E-state index in [0.29, 0.717) is 10.8 Å². The van der Waals surface area contributed by atoms with Crippen molar-refractivity contribution >= 4 is 0 Å². The number of rotatable bonds is 4. The number of aromatic nitrogens is 2. The highest BCUT2D eigenvalue weighted by Gasteiger charge is 2.59. The zero-order valence-electron chi connectivity index (χ0n) is 19.2. The second-order valence-corrected chi connectivity index (χ2v) is 11.6. The topological polar surface area (TPSA) is 46.0 Å². The molecule has 0 amide bonds. The molecule has 0 aromatic carbocycles. The van der Waals surface area contributed by atoms with E-state index in [1.54, 1.807) is 5.57 Å². The van der Waals surface area contributed by atoms with Gasteiger partial charge in [-0.1, -0.05) is 32.4 Å². The highest BCUT2D eigenvalue weighted by molar-refractivity contribution is 5.25. The monoisotopic (exact) mass is 408 g/mol. The smallest absolute Gasteiger partial charge is 0.128 e. The zero-order valence-corrected chi connectivity index (χ0v) is 19.2. The molecular formula is C27H40N2O. The van der Waals surface area contributed by atoms with Crippen molar-refractivity contribution in [2.45, 2.75) is 91.1 Å². The lowest BCUT2D eigenvalue weighted by Crippen LogP contribution is -2.50. The molecule has 1 heterocycles. The second-order valence-electron chi connectivity index (χ2n) is 11.6. The molecule has 4 aliphatic carbocycles. The summed E-state index contributed by atoms with van der Waals surface area (Å²) in [6, 6.07) is 1.91. The third-order valence-electron chi connectivity index (χ3n) is 10.3. The summed E-state index contributed by atoms with van der Waals surface area (Å²) in [4.78, 5) is 8.89. The fraction of sp³-hybridized carbons (Fsp3) is 0.778. The molecule has 30 heavy (non-hydrogen) atoms. The summed E-state index contributed by atoms with van der Waals surface area (Å²) in [6.07, 6.45) is 18.5. The van der Waals surface area contributed by atoms with Crippen molar-refractivity contribution in [2.24, 2.45) is 40.4 Å². The van der Waals surface area contributed by atoms with Crippen molar-refractivity contribution in [1.82, 2.24) is 9.97 Å². The Labute approximate surface area is 182 Å². The van der Waals surface area contributed by atoms with Gasteiger partial charge in [0.2, 0.25) is 0 Å². The molecule has 0 spiro atoms. The van der Waals surface area contributed by atoms with Gasteiger partial charge in [0.05, 0.1) is 6.10 Å². The summed E-state index contributed by atoms with van der Waals surface area (Å²) in [5, 5.41) is 10.2. The molecule has 5 rings (SSSR count). The Bertz CT molecular complexity index is 791. The van der Waals surface area contributed by atoms with E-state index >= 15 is 0 Å². The number of aliphatic hydroxyl groups excluding tert-OH is 1. The number of hydrogen-bond acceptors (Lipinski definition) is 3. The van der Waals surface area contributed by atoms with Crippen LogP contribution in [0.3, 0.4) is 0 Å². The highest BCUT2D eigenvalue weighted by Crippen LogP contribution is 2.67. The van der Waals surface area contributed by atoms with E-state index in [4.69, 9.17) is 0 Å². The summed E-state index contributed by atoms with van der Waals surface area (Å²) >= 11 is 0. The van der Waals surface area contributed by atoms with Crippen LogP contribution in [0.1, 0.15) is 84.4 Å². The summed E-state index contributed by atoms with van der Waals surface area (Å²) < 4.78 is 0. The van der Waals surface area contributed by atoms with Crippen molar-refractivity contribution in [3.05, 3.63) is 35.9 Å². The van der Waals surface area contributed by atoms with Crippen LogP contribution in [0.4, 0.5) is 0 Å². The van der Waals surface area contributed by atoms with Gasteiger partial charge in [0, 0.05) is 18.8 Å². The molecule has 3 fully saturated rings. The maximum Gasteiger partial charge on any atom is 0.128 e. The standard InChI is InChI=1S/C27H40N2O/c1-18(5-10-25-28-15-4-16-29-25)22-8-9-23-21-7-6-19-17-20(30)11-13-26(19,2)24(21)12-14-27(22,23)3/h4,6,15-16,18,20-24,30H,5,7-14,17H2,1-3H3/t18?,20-,21-,22+,23-,24-,26-,27+/m0/s1. The third-order valence-corrected chi connectivity index (χ3v) is 10.3. The first-order valence-corrected chi connectivity index (χ1v) is 12.6. The normalized spacial score (nSPS) is 43.9. The van der Waals surface area contributed by atoms with Crippen molar-refractivity contribution < 1.29 is 5.11 Å². The summed E-state index contributed by atoms with van der Waals surface area (Å²) in [6.45, 7) is 7.68. The van der Waals surface area contributed by atoms with Crippen LogP contribution in [0.2, 0.25) is 0 Å². The van der Waals surface area contributed by atoms with E-state index < -0.39 is 0 Å². The number of hydrogen-bond donors (Lipinski definition) is 1. The number of nitrogens with zero attached hydrogens (tertiary/aromatic N) is 2. The molecule has 1 aromatic heterocycles. The molecule has 3 saturated carbocycles. The Morgan fingerprint density at radius 1 is 1.07 bits per heavy atom. The first kappa shape index (κ1) is 20.7. The molecule has 1 aromatic rings. The van der Waals surface area contributed by atoms with E-state index in [1.807, 2.05) is 18.5 Å². The molecule has 8 atom stereocenters.